The van der Waals surface area contributed by atoms with Crippen LogP contribution in [0, 0.1) is 0 Å². The van der Waals surface area contributed by atoms with Crippen molar-refractivity contribution in [3.63, 3.8) is 0 Å². The Labute approximate surface area is 102 Å². The zero-order valence-corrected chi connectivity index (χ0v) is 11.8. The van der Waals surface area contributed by atoms with Gasteiger partial charge in [0, 0.05) is 26.7 Å². The van der Waals surface area contributed by atoms with E-state index in [4.69, 9.17) is 0 Å². The molecule has 0 aliphatic rings. The molecule has 0 aliphatic heterocycles. The van der Waals surface area contributed by atoms with Crippen molar-refractivity contribution in [2.45, 2.75) is 20.3 Å². The van der Waals surface area contributed by atoms with Gasteiger partial charge in [0.2, 0.25) is 0 Å². The highest BCUT2D eigenvalue weighted by Crippen LogP contribution is 1.88. The Kier molecular flexibility index (Phi) is 9.92. The van der Waals surface area contributed by atoms with Crippen LogP contribution >= 0.6 is 0 Å². The average molecular weight is 230 g/mol. The molecule has 98 valence electrons. The summed E-state index contributed by atoms with van der Waals surface area (Å²) in [5.41, 5.74) is 3.42. The van der Waals surface area contributed by atoms with Crippen LogP contribution in [0.25, 0.3) is 0 Å². The summed E-state index contributed by atoms with van der Waals surface area (Å²) in [6.45, 7) is 11.2. The van der Waals surface area contributed by atoms with Crippen molar-refractivity contribution < 1.29 is 0 Å². The van der Waals surface area contributed by atoms with E-state index in [1.165, 1.54) is 6.42 Å². The summed E-state index contributed by atoms with van der Waals surface area (Å²) < 4.78 is 0. The van der Waals surface area contributed by atoms with Crippen LogP contribution in [0.5, 0.6) is 0 Å². The molecule has 0 bridgehead atoms. The van der Waals surface area contributed by atoms with E-state index in [1.807, 2.05) is 0 Å². The first-order valence-electron chi connectivity index (χ1n) is 6.41. The molecule has 0 amide bonds. The molecule has 0 spiro atoms. The average Bonchev–Trinajstić information content (AvgIpc) is 2.25. The Morgan fingerprint density at radius 1 is 0.875 bits per heavy atom. The molecule has 0 fully saturated rings. The lowest BCUT2D eigenvalue weighted by Gasteiger charge is -2.23. The quantitative estimate of drug-likeness (QED) is 0.441. The molecule has 0 aliphatic carbocycles. The van der Waals surface area contributed by atoms with Crippen molar-refractivity contribution in [1.82, 2.24) is 20.2 Å². The standard InChI is InChI=1S/C12H30N4/c1-6-16(7-2)12-11-15(5)13-9-8-10-14(3)4/h13H,6-12H2,1-5H3. The highest BCUT2D eigenvalue weighted by Gasteiger charge is 2.01. The lowest BCUT2D eigenvalue weighted by Crippen LogP contribution is -2.41. The minimum absolute atomic E-state index is 1.06. The van der Waals surface area contributed by atoms with E-state index in [9.17, 15) is 0 Å². The Hall–Kier alpha value is -0.160. The first-order valence-corrected chi connectivity index (χ1v) is 6.41. The molecular weight excluding hydrogens is 200 g/mol. The van der Waals surface area contributed by atoms with Crippen molar-refractivity contribution in [1.29, 1.82) is 0 Å². The first-order chi connectivity index (χ1) is 7.60. The summed E-state index contributed by atoms with van der Waals surface area (Å²) in [6.07, 6.45) is 1.20. The van der Waals surface area contributed by atoms with Gasteiger partial charge in [0.1, 0.15) is 0 Å². The number of hydrazine groups is 1. The molecule has 0 atom stereocenters. The van der Waals surface area contributed by atoms with E-state index < -0.39 is 0 Å². The van der Waals surface area contributed by atoms with E-state index in [-0.39, 0.29) is 0 Å². The zero-order valence-electron chi connectivity index (χ0n) is 11.8. The number of hydrogen-bond acceptors (Lipinski definition) is 4. The summed E-state index contributed by atoms with van der Waals surface area (Å²) >= 11 is 0. The molecule has 4 nitrogen and oxygen atoms in total. The van der Waals surface area contributed by atoms with E-state index in [0.29, 0.717) is 0 Å². The minimum Gasteiger partial charge on any atom is -0.309 e. The second-order valence-electron chi connectivity index (χ2n) is 4.51. The fourth-order valence-electron chi connectivity index (χ4n) is 1.58. The van der Waals surface area contributed by atoms with Crippen molar-refractivity contribution in [3.8, 4) is 0 Å². The van der Waals surface area contributed by atoms with Gasteiger partial charge >= 0.3 is 0 Å². The van der Waals surface area contributed by atoms with E-state index >= 15 is 0 Å². The summed E-state index contributed by atoms with van der Waals surface area (Å²) in [6, 6.07) is 0. The predicted octanol–water partition coefficient (Wildman–Crippen LogP) is 0.716. The number of likely N-dealkylation sites (N-methyl/N-ethyl adjacent to an activating group) is 2. The zero-order chi connectivity index (χ0) is 12.4. The Balaban J connectivity index is 3.40. The van der Waals surface area contributed by atoms with Gasteiger partial charge in [-0.2, -0.15) is 0 Å². The number of rotatable bonds is 10. The molecular formula is C12H30N4. The molecule has 0 aromatic carbocycles. The van der Waals surface area contributed by atoms with Crippen molar-refractivity contribution in [2.75, 3.05) is 60.4 Å². The number of nitrogens with zero attached hydrogens (tertiary/aromatic N) is 3. The molecule has 0 unspecified atom stereocenters. The van der Waals surface area contributed by atoms with Gasteiger partial charge in [-0.25, -0.2) is 5.01 Å². The normalized spacial score (nSPS) is 12.0. The molecule has 4 heteroatoms. The van der Waals surface area contributed by atoms with Crippen LogP contribution in [0.2, 0.25) is 0 Å². The first kappa shape index (κ1) is 15.8. The molecule has 16 heavy (non-hydrogen) atoms. The van der Waals surface area contributed by atoms with Gasteiger partial charge in [0.25, 0.3) is 0 Å². The van der Waals surface area contributed by atoms with Crippen LogP contribution in [0.4, 0.5) is 0 Å². The molecule has 0 radical (unpaired) electrons. The monoisotopic (exact) mass is 230 g/mol. The minimum atomic E-state index is 1.06. The second kappa shape index (κ2) is 10.0. The Morgan fingerprint density at radius 2 is 1.50 bits per heavy atom. The molecule has 0 rings (SSSR count). The van der Waals surface area contributed by atoms with Crippen molar-refractivity contribution >= 4 is 0 Å². The second-order valence-corrected chi connectivity index (χ2v) is 4.51. The Bertz CT molecular complexity index is 146. The van der Waals surface area contributed by atoms with Gasteiger partial charge in [0.05, 0.1) is 0 Å². The third-order valence-corrected chi connectivity index (χ3v) is 2.81. The van der Waals surface area contributed by atoms with Gasteiger partial charge < -0.3 is 9.80 Å². The van der Waals surface area contributed by atoms with Gasteiger partial charge in [-0.05, 0) is 40.2 Å². The van der Waals surface area contributed by atoms with Crippen LogP contribution < -0.4 is 5.43 Å². The largest absolute Gasteiger partial charge is 0.309 e. The summed E-state index contributed by atoms with van der Waals surface area (Å²) in [4.78, 5) is 4.66. The van der Waals surface area contributed by atoms with Crippen LogP contribution in [-0.4, -0.2) is 75.2 Å². The fourth-order valence-corrected chi connectivity index (χ4v) is 1.58. The lowest BCUT2D eigenvalue weighted by atomic mass is 10.4. The predicted molar refractivity (Wildman–Crippen MR) is 71.6 cm³/mol. The maximum Gasteiger partial charge on any atom is 0.0255 e. The maximum absolute atomic E-state index is 3.42. The Morgan fingerprint density at radius 3 is 2.00 bits per heavy atom. The van der Waals surface area contributed by atoms with Gasteiger partial charge in [0.15, 0.2) is 0 Å². The van der Waals surface area contributed by atoms with Crippen LogP contribution in [0.3, 0.4) is 0 Å². The smallest absolute Gasteiger partial charge is 0.0255 e. The lowest BCUT2D eigenvalue weighted by molar-refractivity contribution is 0.187. The summed E-state index contributed by atoms with van der Waals surface area (Å²) in [5, 5.41) is 2.20. The van der Waals surface area contributed by atoms with E-state index in [0.717, 1.165) is 39.3 Å². The van der Waals surface area contributed by atoms with Crippen LogP contribution in [0.15, 0.2) is 0 Å². The summed E-state index contributed by atoms with van der Waals surface area (Å²) in [5.74, 6) is 0. The van der Waals surface area contributed by atoms with Crippen LogP contribution in [0.1, 0.15) is 20.3 Å². The maximum atomic E-state index is 3.42. The van der Waals surface area contributed by atoms with Gasteiger partial charge in [-0.3, -0.25) is 5.43 Å². The number of nitrogens with one attached hydrogen (secondary N) is 1. The van der Waals surface area contributed by atoms with Crippen molar-refractivity contribution in [3.05, 3.63) is 0 Å². The van der Waals surface area contributed by atoms with E-state index in [2.05, 4.69) is 55.2 Å². The molecule has 0 aromatic heterocycles. The molecule has 0 heterocycles. The third kappa shape index (κ3) is 9.09. The molecule has 0 saturated carbocycles. The summed E-state index contributed by atoms with van der Waals surface area (Å²) in [7, 11) is 6.35. The number of hydrogen-bond donors (Lipinski definition) is 1. The molecule has 0 saturated heterocycles. The molecule has 0 aromatic rings. The fraction of sp³-hybridized carbons (Fsp3) is 1.00. The highest BCUT2D eigenvalue weighted by atomic mass is 15.5. The van der Waals surface area contributed by atoms with Crippen LogP contribution in [-0.2, 0) is 0 Å². The molecule has 1 N–H and O–H groups in total. The SMILES string of the molecule is CCN(CC)CCN(C)NCCCN(C)C. The topological polar surface area (TPSA) is 21.8 Å². The van der Waals surface area contributed by atoms with Crippen molar-refractivity contribution in [2.24, 2.45) is 0 Å². The third-order valence-electron chi connectivity index (χ3n) is 2.81. The van der Waals surface area contributed by atoms with E-state index in [1.54, 1.807) is 0 Å². The highest BCUT2D eigenvalue weighted by molar-refractivity contribution is 4.55. The van der Waals surface area contributed by atoms with Gasteiger partial charge in [-0.15, -0.1) is 0 Å². The van der Waals surface area contributed by atoms with Gasteiger partial charge in [-0.1, -0.05) is 13.8 Å².